The molecular weight excluding hydrogens is 318 g/mol. The second kappa shape index (κ2) is 6.69. The molecule has 102 valence electrons. The summed E-state index contributed by atoms with van der Waals surface area (Å²) in [6.07, 6.45) is 1.04. The molecule has 1 unspecified atom stereocenters. The number of hydrogen-bond acceptors (Lipinski definition) is 2. The standard InChI is InChI=1S/C16H20BrNS/c1-4-18-15(14-10-16(17)19-12(14)3)9-13-7-5-11(2)6-8-13/h5-8,10,15,18H,4,9H2,1-3H3. The van der Waals surface area contributed by atoms with Gasteiger partial charge in [-0.2, -0.15) is 0 Å². The Kier molecular flexibility index (Phi) is 5.20. The molecule has 0 amide bonds. The van der Waals surface area contributed by atoms with Crippen LogP contribution in [0.4, 0.5) is 0 Å². The molecule has 1 heterocycles. The highest BCUT2D eigenvalue weighted by Crippen LogP contribution is 2.32. The third kappa shape index (κ3) is 3.91. The zero-order valence-corrected chi connectivity index (χ0v) is 14.1. The second-order valence-electron chi connectivity index (χ2n) is 4.86. The molecule has 3 heteroatoms. The maximum atomic E-state index is 3.60. The largest absolute Gasteiger partial charge is 0.310 e. The van der Waals surface area contributed by atoms with Gasteiger partial charge in [-0.05, 0) is 59.9 Å². The lowest BCUT2D eigenvalue weighted by Crippen LogP contribution is -2.23. The van der Waals surface area contributed by atoms with Crippen molar-refractivity contribution in [2.24, 2.45) is 0 Å². The summed E-state index contributed by atoms with van der Waals surface area (Å²) in [4.78, 5) is 1.39. The molecule has 1 aromatic carbocycles. The maximum Gasteiger partial charge on any atom is 0.0704 e. The average Bonchev–Trinajstić information content (AvgIpc) is 2.71. The van der Waals surface area contributed by atoms with Crippen molar-refractivity contribution in [3.05, 3.63) is 55.7 Å². The first-order valence-electron chi connectivity index (χ1n) is 6.65. The Labute approximate surface area is 128 Å². The van der Waals surface area contributed by atoms with Crippen LogP contribution in [-0.2, 0) is 6.42 Å². The molecule has 0 spiro atoms. The van der Waals surface area contributed by atoms with Crippen molar-refractivity contribution in [2.75, 3.05) is 6.54 Å². The highest BCUT2D eigenvalue weighted by atomic mass is 79.9. The number of halogens is 1. The normalized spacial score (nSPS) is 12.6. The first kappa shape index (κ1) is 14.8. The third-order valence-electron chi connectivity index (χ3n) is 3.31. The Morgan fingerprint density at radius 3 is 2.42 bits per heavy atom. The monoisotopic (exact) mass is 337 g/mol. The van der Waals surface area contributed by atoms with E-state index >= 15 is 0 Å². The quantitative estimate of drug-likeness (QED) is 0.807. The predicted molar refractivity (Wildman–Crippen MR) is 88.1 cm³/mol. The molecule has 2 aromatic rings. The number of thiophene rings is 1. The molecule has 1 N–H and O–H groups in total. The molecule has 2 rings (SSSR count). The lowest BCUT2D eigenvalue weighted by atomic mass is 9.99. The van der Waals surface area contributed by atoms with Gasteiger partial charge in [0.05, 0.1) is 3.79 Å². The summed E-state index contributed by atoms with van der Waals surface area (Å²) in [5, 5.41) is 3.60. The number of rotatable bonds is 5. The van der Waals surface area contributed by atoms with Crippen molar-refractivity contribution in [1.29, 1.82) is 0 Å². The average molecular weight is 338 g/mol. The van der Waals surface area contributed by atoms with Gasteiger partial charge in [0.15, 0.2) is 0 Å². The Morgan fingerprint density at radius 1 is 1.21 bits per heavy atom. The van der Waals surface area contributed by atoms with Crippen molar-refractivity contribution < 1.29 is 0 Å². The topological polar surface area (TPSA) is 12.0 Å². The summed E-state index contributed by atoms with van der Waals surface area (Å²) >= 11 is 5.40. The van der Waals surface area contributed by atoms with Gasteiger partial charge in [0, 0.05) is 10.9 Å². The van der Waals surface area contributed by atoms with Crippen molar-refractivity contribution in [3.63, 3.8) is 0 Å². The Bertz CT molecular complexity index is 530. The van der Waals surface area contributed by atoms with Crippen LogP contribution in [0.3, 0.4) is 0 Å². The summed E-state index contributed by atoms with van der Waals surface area (Å²) in [5.74, 6) is 0. The number of hydrogen-bond donors (Lipinski definition) is 1. The highest BCUT2D eigenvalue weighted by molar-refractivity contribution is 9.11. The molecule has 1 aromatic heterocycles. The maximum absolute atomic E-state index is 3.60. The van der Waals surface area contributed by atoms with E-state index in [-0.39, 0.29) is 0 Å². The smallest absolute Gasteiger partial charge is 0.0704 e. The van der Waals surface area contributed by atoms with E-state index in [4.69, 9.17) is 0 Å². The van der Waals surface area contributed by atoms with E-state index in [0.717, 1.165) is 13.0 Å². The van der Waals surface area contributed by atoms with Crippen molar-refractivity contribution in [2.45, 2.75) is 33.2 Å². The van der Waals surface area contributed by atoms with Crippen LogP contribution in [0.25, 0.3) is 0 Å². The van der Waals surface area contributed by atoms with Gasteiger partial charge in [0.1, 0.15) is 0 Å². The summed E-state index contributed by atoms with van der Waals surface area (Å²) in [6, 6.07) is 11.5. The van der Waals surface area contributed by atoms with Crippen LogP contribution >= 0.6 is 27.3 Å². The minimum atomic E-state index is 0.398. The number of benzene rings is 1. The van der Waals surface area contributed by atoms with Crippen LogP contribution in [0.1, 0.15) is 34.5 Å². The molecule has 0 saturated heterocycles. The molecule has 0 aliphatic heterocycles. The SMILES string of the molecule is CCNC(Cc1ccc(C)cc1)c1cc(Br)sc1C. The minimum Gasteiger partial charge on any atom is -0.310 e. The first-order valence-corrected chi connectivity index (χ1v) is 8.26. The van der Waals surface area contributed by atoms with Gasteiger partial charge in [-0.25, -0.2) is 0 Å². The van der Waals surface area contributed by atoms with Crippen LogP contribution in [-0.4, -0.2) is 6.54 Å². The molecule has 1 nitrogen and oxygen atoms in total. The molecule has 0 aliphatic rings. The fraction of sp³-hybridized carbons (Fsp3) is 0.375. The molecule has 0 aliphatic carbocycles. The lowest BCUT2D eigenvalue weighted by molar-refractivity contribution is 0.549. The number of likely N-dealkylation sites (N-methyl/N-ethyl adjacent to an activating group) is 1. The van der Waals surface area contributed by atoms with E-state index in [1.807, 2.05) is 11.3 Å². The summed E-state index contributed by atoms with van der Waals surface area (Å²) in [5.41, 5.74) is 4.12. The van der Waals surface area contributed by atoms with Crippen LogP contribution in [0.2, 0.25) is 0 Å². The lowest BCUT2D eigenvalue weighted by Gasteiger charge is -2.18. The van der Waals surface area contributed by atoms with Crippen LogP contribution in [0.5, 0.6) is 0 Å². The first-order chi connectivity index (χ1) is 9.10. The minimum absolute atomic E-state index is 0.398. The van der Waals surface area contributed by atoms with Gasteiger partial charge in [-0.1, -0.05) is 36.8 Å². The van der Waals surface area contributed by atoms with Gasteiger partial charge in [-0.3, -0.25) is 0 Å². The fourth-order valence-corrected chi connectivity index (χ4v) is 4.08. The molecule has 0 saturated carbocycles. The Hall–Kier alpha value is -0.640. The zero-order chi connectivity index (χ0) is 13.8. The van der Waals surface area contributed by atoms with E-state index in [0.29, 0.717) is 6.04 Å². The van der Waals surface area contributed by atoms with Crippen molar-refractivity contribution in [1.82, 2.24) is 5.32 Å². The highest BCUT2D eigenvalue weighted by Gasteiger charge is 2.15. The van der Waals surface area contributed by atoms with E-state index in [9.17, 15) is 0 Å². The van der Waals surface area contributed by atoms with Gasteiger partial charge in [-0.15, -0.1) is 11.3 Å². The molecule has 0 fully saturated rings. The molecule has 1 atom stereocenters. The Balaban J connectivity index is 2.20. The summed E-state index contributed by atoms with van der Waals surface area (Å²) in [7, 11) is 0. The van der Waals surface area contributed by atoms with E-state index < -0.39 is 0 Å². The van der Waals surface area contributed by atoms with Crippen LogP contribution in [0, 0.1) is 13.8 Å². The molecule has 19 heavy (non-hydrogen) atoms. The van der Waals surface area contributed by atoms with E-state index in [2.05, 4.69) is 72.3 Å². The van der Waals surface area contributed by atoms with Gasteiger partial charge in [0.2, 0.25) is 0 Å². The van der Waals surface area contributed by atoms with Crippen LogP contribution in [0.15, 0.2) is 34.1 Å². The number of nitrogens with one attached hydrogen (secondary N) is 1. The molecule has 0 radical (unpaired) electrons. The molecular formula is C16H20BrNS. The van der Waals surface area contributed by atoms with Crippen molar-refractivity contribution in [3.8, 4) is 0 Å². The molecule has 0 bridgehead atoms. The fourth-order valence-electron chi connectivity index (χ4n) is 2.30. The summed E-state index contributed by atoms with van der Waals surface area (Å²) < 4.78 is 1.21. The number of aryl methyl sites for hydroxylation is 2. The third-order valence-corrected chi connectivity index (χ3v) is 4.88. The second-order valence-corrected chi connectivity index (χ2v) is 7.50. The zero-order valence-electron chi connectivity index (χ0n) is 11.7. The van der Waals surface area contributed by atoms with Gasteiger partial charge in [0.25, 0.3) is 0 Å². The predicted octanol–water partition coefficient (Wildman–Crippen LogP) is 5.02. The summed E-state index contributed by atoms with van der Waals surface area (Å²) in [6.45, 7) is 7.48. The van der Waals surface area contributed by atoms with Crippen LogP contribution < -0.4 is 5.32 Å². The van der Waals surface area contributed by atoms with Crippen molar-refractivity contribution >= 4 is 27.3 Å². The van der Waals surface area contributed by atoms with Gasteiger partial charge < -0.3 is 5.32 Å². The van der Waals surface area contributed by atoms with E-state index in [1.165, 1.54) is 25.4 Å². The van der Waals surface area contributed by atoms with E-state index in [1.54, 1.807) is 0 Å². The Morgan fingerprint density at radius 2 is 1.89 bits per heavy atom. The van der Waals surface area contributed by atoms with Gasteiger partial charge >= 0.3 is 0 Å².